The molecule has 11 nitrogen and oxygen atoms in total. The first kappa shape index (κ1) is 32.0. The molecule has 1 heterocycles. The molecule has 2 aliphatic rings. The number of aromatic hydroxyl groups is 1. The van der Waals surface area contributed by atoms with E-state index in [1.54, 1.807) is 6.92 Å². The predicted molar refractivity (Wildman–Crippen MR) is 159 cm³/mol. The Morgan fingerprint density at radius 1 is 1.12 bits per heavy atom. The Hall–Kier alpha value is -3.96. The van der Waals surface area contributed by atoms with Gasteiger partial charge in [0.25, 0.3) is 0 Å². The number of amides is 1. The highest BCUT2D eigenvalue weighted by molar-refractivity contribution is 6.35. The van der Waals surface area contributed by atoms with Crippen LogP contribution in [-0.2, 0) is 9.59 Å². The fraction of sp³-hybridized carbons (Fsp3) is 0.452. The molecule has 1 aliphatic carbocycles. The molecule has 0 aromatic heterocycles. The summed E-state index contributed by atoms with van der Waals surface area (Å²) in [6.07, 6.45) is 0.313. The van der Waals surface area contributed by atoms with Crippen molar-refractivity contribution in [3.8, 4) is 28.7 Å². The quantitative estimate of drug-likeness (QED) is 0.316. The van der Waals surface area contributed by atoms with Gasteiger partial charge in [0.1, 0.15) is 22.1 Å². The van der Waals surface area contributed by atoms with Gasteiger partial charge in [0.2, 0.25) is 17.3 Å². The van der Waals surface area contributed by atoms with Crippen LogP contribution in [0.4, 0.5) is 0 Å². The second-order valence-electron chi connectivity index (χ2n) is 11.0. The highest BCUT2D eigenvalue weighted by Crippen LogP contribution is 2.56. The lowest BCUT2D eigenvalue weighted by Crippen LogP contribution is -2.53. The third-order valence-electron chi connectivity index (χ3n) is 7.96. The van der Waals surface area contributed by atoms with E-state index in [2.05, 4.69) is 5.32 Å². The van der Waals surface area contributed by atoms with Crippen molar-refractivity contribution < 1.29 is 43.5 Å². The molecule has 232 valence electrons. The van der Waals surface area contributed by atoms with Crippen LogP contribution in [0.2, 0.25) is 5.02 Å². The number of carbonyl (C=O) groups excluding carboxylic acids is 3. The predicted octanol–water partition coefficient (Wildman–Crippen LogP) is 4.05. The summed E-state index contributed by atoms with van der Waals surface area (Å²) in [5.74, 6) is -3.58. The Bertz CT molecular complexity index is 1470. The molecule has 3 N–H and O–H groups in total. The lowest BCUT2D eigenvalue weighted by molar-refractivity contribution is -0.121. The molecular weight excluding hydrogens is 580 g/mol. The molecule has 2 aromatic rings. The van der Waals surface area contributed by atoms with E-state index in [-0.39, 0.29) is 63.7 Å². The number of nitrogens with zero attached hydrogens (tertiary/aromatic N) is 1. The van der Waals surface area contributed by atoms with Crippen molar-refractivity contribution in [2.75, 3.05) is 48.5 Å². The number of hydrogen-bond donors (Lipinski definition) is 3. The van der Waals surface area contributed by atoms with Gasteiger partial charge in [-0.1, -0.05) is 24.6 Å². The molecule has 2 aromatic carbocycles. The van der Waals surface area contributed by atoms with E-state index in [1.807, 2.05) is 19.0 Å². The first-order valence-corrected chi connectivity index (χ1v) is 14.2. The smallest absolute Gasteiger partial charge is 0.231 e. The van der Waals surface area contributed by atoms with E-state index in [0.717, 1.165) is 6.54 Å². The van der Waals surface area contributed by atoms with E-state index >= 15 is 0 Å². The number of Topliss-reactive ketones (excluding diaryl/α,β-unsaturated/α-hetero) is 2. The molecular formula is C31H37ClN2O9. The maximum Gasteiger partial charge on any atom is 0.231 e. The number of aliphatic hydroxyl groups is 1. The summed E-state index contributed by atoms with van der Waals surface area (Å²) in [7, 11) is 8.01. The van der Waals surface area contributed by atoms with Crippen molar-refractivity contribution in [3.05, 3.63) is 51.7 Å². The Balaban J connectivity index is 1.85. The van der Waals surface area contributed by atoms with Gasteiger partial charge in [-0.25, -0.2) is 0 Å². The fourth-order valence-electron chi connectivity index (χ4n) is 5.72. The number of ether oxygens (including phenoxy) is 4. The van der Waals surface area contributed by atoms with Gasteiger partial charge in [-0.15, -0.1) is 0 Å². The Kier molecular flexibility index (Phi) is 9.46. The van der Waals surface area contributed by atoms with E-state index in [4.69, 9.17) is 30.5 Å². The number of aliphatic hydroxyl groups excluding tert-OH is 1. The van der Waals surface area contributed by atoms with Crippen molar-refractivity contribution >= 4 is 29.1 Å². The Morgan fingerprint density at radius 3 is 2.42 bits per heavy atom. The van der Waals surface area contributed by atoms with Crippen molar-refractivity contribution in [2.24, 2.45) is 5.92 Å². The number of carbonyl (C=O) groups is 3. The van der Waals surface area contributed by atoms with Crippen LogP contribution in [-0.4, -0.2) is 86.7 Å². The van der Waals surface area contributed by atoms with E-state index in [0.29, 0.717) is 18.5 Å². The van der Waals surface area contributed by atoms with Crippen molar-refractivity contribution in [1.29, 1.82) is 0 Å². The van der Waals surface area contributed by atoms with Crippen LogP contribution in [0.1, 0.15) is 48.0 Å². The molecule has 1 aliphatic heterocycles. The highest BCUT2D eigenvalue weighted by atomic mass is 35.5. The number of benzene rings is 2. The molecule has 43 heavy (non-hydrogen) atoms. The van der Waals surface area contributed by atoms with Crippen molar-refractivity contribution in [3.63, 3.8) is 0 Å². The monoisotopic (exact) mass is 616 g/mol. The zero-order valence-corrected chi connectivity index (χ0v) is 25.8. The summed E-state index contributed by atoms with van der Waals surface area (Å²) in [6.45, 7) is 2.79. The molecule has 3 atom stereocenters. The van der Waals surface area contributed by atoms with Gasteiger partial charge in [0, 0.05) is 42.9 Å². The number of halogens is 1. The third-order valence-corrected chi connectivity index (χ3v) is 8.32. The molecule has 12 heteroatoms. The third kappa shape index (κ3) is 5.71. The molecule has 0 saturated heterocycles. The number of ketones is 2. The number of methoxy groups -OCH3 is 3. The van der Waals surface area contributed by atoms with Crippen LogP contribution in [0.25, 0.3) is 0 Å². The first-order chi connectivity index (χ1) is 20.4. The molecule has 1 unspecified atom stereocenters. The number of allylic oxidation sites excluding steroid dienone is 1. The van der Waals surface area contributed by atoms with Gasteiger partial charge in [-0.2, -0.15) is 0 Å². The Morgan fingerprint density at radius 2 is 1.79 bits per heavy atom. The SMILES string of the molecule is COc1cc(C(CC(=O)NCCCN(C)C)C2=C(O)[C@@]3(Oc4c(Cl)c(OC)cc(OC)c4C3=O)[C@H](C)CC2=O)ccc1O. The lowest BCUT2D eigenvalue weighted by atomic mass is 9.69. The van der Waals surface area contributed by atoms with Crippen molar-refractivity contribution in [1.82, 2.24) is 10.2 Å². The van der Waals surface area contributed by atoms with Gasteiger partial charge >= 0.3 is 0 Å². The summed E-state index contributed by atoms with van der Waals surface area (Å²) in [5, 5.41) is 25.1. The molecule has 1 spiro atoms. The molecule has 0 bridgehead atoms. The van der Waals surface area contributed by atoms with Crippen LogP contribution >= 0.6 is 11.6 Å². The largest absolute Gasteiger partial charge is 0.507 e. The van der Waals surface area contributed by atoms with Crippen LogP contribution in [0, 0.1) is 5.92 Å². The molecule has 0 fully saturated rings. The molecule has 4 rings (SSSR count). The number of hydrogen-bond acceptors (Lipinski definition) is 10. The summed E-state index contributed by atoms with van der Waals surface area (Å²) in [5.41, 5.74) is -1.71. The van der Waals surface area contributed by atoms with Crippen LogP contribution in [0.15, 0.2) is 35.6 Å². The zero-order chi connectivity index (χ0) is 31.6. The second-order valence-corrected chi connectivity index (χ2v) is 11.3. The number of phenols is 1. The minimum atomic E-state index is -2.00. The van der Waals surface area contributed by atoms with Gasteiger partial charge in [0.15, 0.2) is 28.8 Å². The number of phenolic OH excluding ortho intramolecular Hbond substituents is 1. The van der Waals surface area contributed by atoms with Crippen LogP contribution in [0.5, 0.6) is 28.7 Å². The minimum Gasteiger partial charge on any atom is -0.507 e. The van der Waals surface area contributed by atoms with Crippen LogP contribution in [0.3, 0.4) is 0 Å². The average Bonchev–Trinajstić information content (AvgIpc) is 3.29. The van der Waals surface area contributed by atoms with Crippen molar-refractivity contribution in [2.45, 2.75) is 37.7 Å². The fourth-order valence-corrected chi connectivity index (χ4v) is 5.98. The first-order valence-electron chi connectivity index (χ1n) is 13.8. The highest BCUT2D eigenvalue weighted by Gasteiger charge is 2.61. The molecule has 1 amide bonds. The summed E-state index contributed by atoms with van der Waals surface area (Å²) < 4.78 is 22.3. The maximum absolute atomic E-state index is 14.2. The van der Waals surface area contributed by atoms with Gasteiger partial charge < -0.3 is 39.4 Å². The number of nitrogens with one attached hydrogen (secondary N) is 1. The van der Waals surface area contributed by atoms with Gasteiger partial charge in [-0.05, 0) is 44.8 Å². The Labute approximate surface area is 255 Å². The maximum atomic E-state index is 14.2. The zero-order valence-electron chi connectivity index (χ0n) is 25.1. The minimum absolute atomic E-state index is 0.0129. The normalized spacial score (nSPS) is 20.2. The summed E-state index contributed by atoms with van der Waals surface area (Å²) in [4.78, 5) is 43.1. The number of rotatable bonds is 11. The van der Waals surface area contributed by atoms with Gasteiger partial charge in [0.05, 0.1) is 21.3 Å². The molecule has 0 radical (unpaired) electrons. The standard InChI is InChI=1S/C31H37ClN2O9/c1-16-12-20(36)25(29(38)31(16)30(39)26-22(41-5)15-23(42-6)27(32)28(26)43-31)18(14-24(37)33-10-7-11-34(2)3)17-8-9-19(35)21(13-17)40-4/h8-9,13,15-16,18,35,38H,7,10-12,14H2,1-6H3,(H,33,37)/t16-,18?,31+/m1/s1. The summed E-state index contributed by atoms with van der Waals surface area (Å²) in [6, 6.07) is 5.86. The second kappa shape index (κ2) is 12.7. The molecule has 0 saturated carbocycles. The van der Waals surface area contributed by atoms with E-state index in [9.17, 15) is 24.6 Å². The topological polar surface area (TPSA) is 144 Å². The van der Waals surface area contributed by atoms with E-state index in [1.165, 1.54) is 45.6 Å². The number of fused-ring (bicyclic) bond motifs is 1. The van der Waals surface area contributed by atoms with E-state index < -0.39 is 34.8 Å². The average molecular weight is 617 g/mol. The summed E-state index contributed by atoms with van der Waals surface area (Å²) >= 11 is 6.55. The van der Waals surface area contributed by atoms with Crippen LogP contribution < -0.4 is 24.3 Å². The van der Waals surface area contributed by atoms with Gasteiger partial charge in [-0.3, -0.25) is 14.4 Å². The lowest BCUT2D eigenvalue weighted by Gasteiger charge is -2.38.